The second kappa shape index (κ2) is 8.38. The van der Waals surface area contributed by atoms with Crippen LogP contribution in [0.2, 0.25) is 0 Å². The number of hydrogen-bond acceptors (Lipinski definition) is 0. The minimum Gasteiger partial charge on any atom is -0.309 e. The fourth-order valence-electron chi connectivity index (χ4n) is 4.83. The summed E-state index contributed by atoms with van der Waals surface area (Å²) in [6, 6.07) is 34.0. The van der Waals surface area contributed by atoms with Gasteiger partial charge in [-0.1, -0.05) is 72.8 Å². The van der Waals surface area contributed by atoms with Gasteiger partial charge in [-0.25, -0.2) is 4.39 Å². The molecule has 6 rings (SSSR count). The predicted molar refractivity (Wildman–Crippen MR) is 137 cm³/mol. The molecule has 0 radical (unpaired) electrons. The summed E-state index contributed by atoms with van der Waals surface area (Å²) >= 11 is 0. The smallest absolute Gasteiger partial charge is 0.309 e. The molecule has 0 aliphatic heterocycles. The molecular formula is C31H19F4N. The van der Waals surface area contributed by atoms with Crippen LogP contribution in [-0.2, 0) is 6.18 Å². The molecule has 0 saturated carbocycles. The van der Waals surface area contributed by atoms with Crippen molar-refractivity contribution in [1.82, 2.24) is 4.57 Å². The number of rotatable bonds is 3. The zero-order valence-electron chi connectivity index (χ0n) is 18.9. The van der Waals surface area contributed by atoms with E-state index in [-0.39, 0.29) is 5.69 Å². The lowest BCUT2D eigenvalue weighted by Gasteiger charge is -2.16. The Balaban J connectivity index is 1.70. The van der Waals surface area contributed by atoms with E-state index in [1.807, 2.05) is 97.1 Å². The zero-order chi connectivity index (χ0) is 24.9. The third-order valence-electron chi connectivity index (χ3n) is 6.48. The normalized spacial score (nSPS) is 11.9. The quantitative estimate of drug-likeness (QED) is 0.222. The minimum atomic E-state index is -4.71. The van der Waals surface area contributed by atoms with E-state index in [0.29, 0.717) is 17.1 Å². The van der Waals surface area contributed by atoms with Crippen molar-refractivity contribution in [3.05, 3.63) is 127 Å². The van der Waals surface area contributed by atoms with Crippen LogP contribution in [0.4, 0.5) is 17.6 Å². The Morgan fingerprint density at radius 1 is 0.500 bits per heavy atom. The molecule has 0 saturated heterocycles. The molecule has 5 aromatic carbocycles. The van der Waals surface area contributed by atoms with Crippen molar-refractivity contribution in [2.45, 2.75) is 6.18 Å². The second-order valence-electron chi connectivity index (χ2n) is 8.69. The molecule has 1 nitrogen and oxygen atoms in total. The Kier molecular flexibility index (Phi) is 5.15. The molecule has 0 spiro atoms. The first-order valence-electron chi connectivity index (χ1n) is 11.5. The average Bonchev–Trinajstić information content (AvgIpc) is 3.22. The SMILES string of the molecule is Fc1ccc(-n2c3ccc(-c4ccccc4)cc3c3cc(-c4ccccc4)ccc32)c(C(F)(F)F)c1. The molecule has 0 unspecified atom stereocenters. The molecule has 36 heavy (non-hydrogen) atoms. The van der Waals surface area contributed by atoms with Crippen molar-refractivity contribution in [1.29, 1.82) is 0 Å². The molecule has 1 aromatic heterocycles. The third-order valence-corrected chi connectivity index (χ3v) is 6.48. The summed E-state index contributed by atoms with van der Waals surface area (Å²) in [5.41, 5.74) is 4.06. The van der Waals surface area contributed by atoms with Crippen LogP contribution in [0.1, 0.15) is 5.56 Å². The van der Waals surface area contributed by atoms with Crippen molar-refractivity contribution >= 4 is 21.8 Å². The molecule has 0 aliphatic rings. The van der Waals surface area contributed by atoms with E-state index in [1.54, 1.807) is 4.57 Å². The largest absolute Gasteiger partial charge is 0.418 e. The first-order valence-corrected chi connectivity index (χ1v) is 11.5. The van der Waals surface area contributed by atoms with Gasteiger partial charge in [0.2, 0.25) is 0 Å². The molecule has 0 N–H and O–H groups in total. The molecule has 0 bridgehead atoms. The summed E-state index contributed by atoms with van der Waals surface area (Å²) in [6.45, 7) is 0. The standard InChI is InChI=1S/C31H19F4N/c32-24-13-16-30(27(19-24)31(33,34)35)36-28-14-11-22(20-7-3-1-4-8-20)17-25(28)26-18-23(12-15-29(26)36)21-9-5-2-6-10-21/h1-19H. The van der Waals surface area contributed by atoms with Gasteiger partial charge in [0.25, 0.3) is 0 Å². The van der Waals surface area contributed by atoms with E-state index in [4.69, 9.17) is 0 Å². The van der Waals surface area contributed by atoms with Gasteiger partial charge >= 0.3 is 6.18 Å². The lowest BCUT2D eigenvalue weighted by Crippen LogP contribution is -2.11. The topological polar surface area (TPSA) is 4.93 Å². The minimum absolute atomic E-state index is 0.108. The number of alkyl halides is 3. The Bertz CT molecular complexity index is 1620. The van der Waals surface area contributed by atoms with E-state index in [0.717, 1.165) is 39.1 Å². The summed E-state index contributed by atoms with van der Waals surface area (Å²) in [4.78, 5) is 0. The summed E-state index contributed by atoms with van der Waals surface area (Å²) < 4.78 is 57.5. The lowest BCUT2D eigenvalue weighted by atomic mass is 10.0. The summed E-state index contributed by atoms with van der Waals surface area (Å²) in [5.74, 6) is -0.926. The third kappa shape index (κ3) is 3.73. The van der Waals surface area contributed by atoms with Crippen molar-refractivity contribution < 1.29 is 17.6 Å². The van der Waals surface area contributed by atoms with Gasteiger partial charge in [0, 0.05) is 10.8 Å². The molecular weight excluding hydrogens is 462 g/mol. The van der Waals surface area contributed by atoms with Crippen LogP contribution in [0, 0.1) is 5.82 Å². The molecule has 176 valence electrons. The maximum atomic E-state index is 14.0. The van der Waals surface area contributed by atoms with Gasteiger partial charge < -0.3 is 4.57 Å². The van der Waals surface area contributed by atoms with Crippen LogP contribution < -0.4 is 0 Å². The molecule has 0 amide bonds. The monoisotopic (exact) mass is 481 g/mol. The van der Waals surface area contributed by atoms with Crippen LogP contribution in [-0.4, -0.2) is 4.57 Å². The van der Waals surface area contributed by atoms with Crippen LogP contribution in [0.3, 0.4) is 0 Å². The van der Waals surface area contributed by atoms with Gasteiger partial charge in [-0.2, -0.15) is 13.2 Å². The molecule has 5 heteroatoms. The second-order valence-corrected chi connectivity index (χ2v) is 8.69. The lowest BCUT2D eigenvalue weighted by molar-refractivity contribution is -0.137. The highest BCUT2D eigenvalue weighted by atomic mass is 19.4. The fraction of sp³-hybridized carbons (Fsp3) is 0.0323. The van der Waals surface area contributed by atoms with Gasteiger partial charge in [0.15, 0.2) is 0 Å². The predicted octanol–water partition coefficient (Wildman–Crippen LogP) is 9.28. The van der Waals surface area contributed by atoms with Crippen LogP contribution in [0.5, 0.6) is 0 Å². The first-order chi connectivity index (χ1) is 17.4. The van der Waals surface area contributed by atoms with Gasteiger partial charge in [0.1, 0.15) is 5.82 Å². The highest BCUT2D eigenvalue weighted by molar-refractivity contribution is 6.11. The highest BCUT2D eigenvalue weighted by Crippen LogP contribution is 2.41. The van der Waals surface area contributed by atoms with Gasteiger partial charge in [-0.15, -0.1) is 0 Å². The first kappa shape index (κ1) is 22.1. The van der Waals surface area contributed by atoms with Crippen LogP contribution in [0.25, 0.3) is 49.7 Å². The Morgan fingerprint density at radius 2 is 1.00 bits per heavy atom. The number of fused-ring (bicyclic) bond motifs is 3. The molecule has 0 fully saturated rings. The van der Waals surface area contributed by atoms with E-state index in [2.05, 4.69) is 0 Å². The Labute approximate surface area is 204 Å². The number of aromatic nitrogens is 1. The van der Waals surface area contributed by atoms with E-state index >= 15 is 0 Å². The van der Waals surface area contributed by atoms with Crippen molar-refractivity contribution in [2.75, 3.05) is 0 Å². The number of nitrogens with zero attached hydrogens (tertiary/aromatic N) is 1. The van der Waals surface area contributed by atoms with Crippen molar-refractivity contribution in [2.24, 2.45) is 0 Å². The van der Waals surface area contributed by atoms with Gasteiger partial charge in [-0.3, -0.25) is 0 Å². The van der Waals surface area contributed by atoms with Gasteiger partial charge in [0.05, 0.1) is 22.3 Å². The summed E-state index contributed by atoms with van der Waals surface area (Å²) in [6.07, 6.45) is -4.71. The van der Waals surface area contributed by atoms with Gasteiger partial charge in [-0.05, 0) is 64.7 Å². The van der Waals surface area contributed by atoms with E-state index < -0.39 is 17.6 Å². The molecule has 0 aliphatic carbocycles. The number of halogens is 4. The maximum Gasteiger partial charge on any atom is 0.418 e. The van der Waals surface area contributed by atoms with E-state index in [9.17, 15) is 17.6 Å². The molecule has 0 atom stereocenters. The summed E-state index contributed by atoms with van der Waals surface area (Å²) in [7, 11) is 0. The highest BCUT2D eigenvalue weighted by Gasteiger charge is 2.35. The number of hydrogen-bond donors (Lipinski definition) is 0. The van der Waals surface area contributed by atoms with Crippen LogP contribution in [0.15, 0.2) is 115 Å². The zero-order valence-corrected chi connectivity index (χ0v) is 18.9. The fourth-order valence-corrected chi connectivity index (χ4v) is 4.83. The average molecular weight is 481 g/mol. The molecule has 6 aromatic rings. The number of benzene rings is 5. The van der Waals surface area contributed by atoms with Crippen LogP contribution >= 0.6 is 0 Å². The molecule has 1 heterocycles. The van der Waals surface area contributed by atoms with E-state index in [1.165, 1.54) is 6.07 Å². The van der Waals surface area contributed by atoms with Crippen molar-refractivity contribution in [3.8, 4) is 27.9 Å². The van der Waals surface area contributed by atoms with Crippen molar-refractivity contribution in [3.63, 3.8) is 0 Å². The Morgan fingerprint density at radius 3 is 1.47 bits per heavy atom. The Hall–Kier alpha value is -4.38. The summed E-state index contributed by atoms with van der Waals surface area (Å²) in [5, 5.41) is 1.64. The maximum absolute atomic E-state index is 14.0.